The summed E-state index contributed by atoms with van der Waals surface area (Å²) in [5.41, 5.74) is 4.74. The van der Waals surface area contributed by atoms with Crippen molar-refractivity contribution in [1.82, 2.24) is 4.90 Å². The Morgan fingerprint density at radius 1 is 0.867 bits per heavy atom. The van der Waals surface area contributed by atoms with Gasteiger partial charge < -0.3 is 10.0 Å². The average molecular weight is 441 g/mol. The maximum absolute atomic E-state index is 11.0. The van der Waals surface area contributed by atoms with Crippen molar-refractivity contribution in [2.24, 2.45) is 0 Å². The zero-order chi connectivity index (χ0) is 21.1. The molecule has 1 fully saturated rings. The summed E-state index contributed by atoms with van der Waals surface area (Å²) in [5, 5.41) is 10.4. The maximum atomic E-state index is 11.0. The number of carboxylic acid groups (broad SMARTS) is 1. The van der Waals surface area contributed by atoms with E-state index in [4.69, 9.17) is 28.3 Å². The molecule has 0 spiro atoms. The molecule has 4 nitrogen and oxygen atoms in total. The summed E-state index contributed by atoms with van der Waals surface area (Å²) in [7, 11) is 0. The normalized spacial score (nSPS) is 14.7. The molecule has 4 rings (SSSR count). The van der Waals surface area contributed by atoms with E-state index in [1.807, 2.05) is 30.3 Å². The summed E-state index contributed by atoms with van der Waals surface area (Å²) < 4.78 is 0. The number of hydrogen-bond donors (Lipinski definition) is 1. The summed E-state index contributed by atoms with van der Waals surface area (Å²) in [5.74, 6) is -0.897. The highest BCUT2D eigenvalue weighted by molar-refractivity contribution is 6.36. The van der Waals surface area contributed by atoms with E-state index in [1.165, 1.54) is 5.56 Å². The van der Waals surface area contributed by atoms with Crippen LogP contribution < -0.4 is 4.90 Å². The maximum Gasteiger partial charge on any atom is 0.335 e. The molecule has 6 heteroatoms. The molecule has 0 saturated carbocycles. The zero-order valence-corrected chi connectivity index (χ0v) is 17.9. The number of carbonyl (C=O) groups is 1. The van der Waals surface area contributed by atoms with Crippen LogP contribution in [0.4, 0.5) is 5.69 Å². The number of hydrogen-bond acceptors (Lipinski definition) is 3. The Morgan fingerprint density at radius 2 is 1.57 bits per heavy atom. The second-order valence-electron chi connectivity index (χ2n) is 7.40. The van der Waals surface area contributed by atoms with Gasteiger partial charge in [-0.3, -0.25) is 4.90 Å². The van der Waals surface area contributed by atoms with Crippen molar-refractivity contribution in [2.75, 3.05) is 31.1 Å². The molecule has 30 heavy (non-hydrogen) atoms. The predicted octanol–water partition coefficient (Wildman–Crippen LogP) is 5.68. The molecule has 1 heterocycles. The fourth-order valence-electron chi connectivity index (χ4n) is 3.85. The van der Waals surface area contributed by atoms with Crippen LogP contribution in [-0.4, -0.2) is 42.2 Å². The monoisotopic (exact) mass is 440 g/mol. The molecular formula is C24H22Cl2N2O2. The number of piperazine rings is 1. The van der Waals surface area contributed by atoms with Crippen LogP contribution in [0.1, 0.15) is 15.9 Å². The number of anilines is 1. The van der Waals surface area contributed by atoms with Gasteiger partial charge in [0, 0.05) is 54.0 Å². The van der Waals surface area contributed by atoms with E-state index in [0.717, 1.165) is 49.5 Å². The van der Waals surface area contributed by atoms with Crippen LogP contribution in [0.3, 0.4) is 0 Å². The standard InChI is InChI=1S/C24H22Cl2N2O2/c25-19-7-10-22(23(26)15-19)21-4-2-1-3-18(21)16-27-11-13-28(14-12-27)20-8-5-17(6-9-20)24(29)30/h1-10,15H,11-14,16H2,(H,29,30). The van der Waals surface area contributed by atoms with Crippen molar-refractivity contribution < 1.29 is 9.90 Å². The lowest BCUT2D eigenvalue weighted by molar-refractivity contribution is 0.0697. The molecule has 0 atom stereocenters. The molecule has 0 bridgehead atoms. The van der Waals surface area contributed by atoms with Crippen molar-refractivity contribution in [3.05, 3.63) is 87.9 Å². The minimum atomic E-state index is -0.897. The highest BCUT2D eigenvalue weighted by atomic mass is 35.5. The summed E-state index contributed by atoms with van der Waals surface area (Å²) in [6, 6.07) is 21.1. The Bertz CT molecular complexity index is 1050. The first-order valence-electron chi connectivity index (χ1n) is 9.85. The third kappa shape index (κ3) is 4.62. The lowest BCUT2D eigenvalue weighted by Crippen LogP contribution is -2.46. The third-order valence-electron chi connectivity index (χ3n) is 5.48. The van der Waals surface area contributed by atoms with E-state index >= 15 is 0 Å². The van der Waals surface area contributed by atoms with Crippen LogP contribution in [-0.2, 0) is 6.54 Å². The van der Waals surface area contributed by atoms with E-state index < -0.39 is 5.97 Å². The van der Waals surface area contributed by atoms with E-state index in [-0.39, 0.29) is 0 Å². The summed E-state index contributed by atoms with van der Waals surface area (Å²) in [6.07, 6.45) is 0. The van der Waals surface area contributed by atoms with Gasteiger partial charge in [0.1, 0.15) is 0 Å². The minimum absolute atomic E-state index is 0.315. The largest absolute Gasteiger partial charge is 0.478 e. The van der Waals surface area contributed by atoms with Gasteiger partial charge in [-0.15, -0.1) is 0 Å². The second kappa shape index (κ2) is 9.09. The molecule has 154 valence electrons. The van der Waals surface area contributed by atoms with Gasteiger partial charge in [0.05, 0.1) is 5.56 Å². The lowest BCUT2D eigenvalue weighted by atomic mass is 9.99. The molecule has 0 aromatic heterocycles. The van der Waals surface area contributed by atoms with E-state index in [2.05, 4.69) is 28.0 Å². The van der Waals surface area contributed by atoms with Crippen molar-refractivity contribution in [2.45, 2.75) is 6.54 Å². The van der Waals surface area contributed by atoms with Gasteiger partial charge in [-0.2, -0.15) is 0 Å². The molecule has 1 aliphatic heterocycles. The first-order valence-corrected chi connectivity index (χ1v) is 10.6. The van der Waals surface area contributed by atoms with Crippen LogP contribution in [0.5, 0.6) is 0 Å². The van der Waals surface area contributed by atoms with E-state index in [9.17, 15) is 4.79 Å². The molecule has 0 radical (unpaired) electrons. The Morgan fingerprint density at radius 3 is 2.23 bits per heavy atom. The first kappa shape index (κ1) is 20.7. The van der Waals surface area contributed by atoms with Crippen molar-refractivity contribution in [3.8, 4) is 11.1 Å². The molecule has 0 unspecified atom stereocenters. The molecule has 0 aliphatic carbocycles. The Hall–Kier alpha value is -2.53. The predicted molar refractivity (Wildman–Crippen MR) is 123 cm³/mol. The fourth-order valence-corrected chi connectivity index (χ4v) is 4.36. The lowest BCUT2D eigenvalue weighted by Gasteiger charge is -2.36. The van der Waals surface area contributed by atoms with Crippen LogP contribution >= 0.6 is 23.2 Å². The van der Waals surface area contributed by atoms with Crippen molar-refractivity contribution >= 4 is 34.9 Å². The van der Waals surface area contributed by atoms with E-state index in [1.54, 1.807) is 18.2 Å². The molecule has 3 aromatic carbocycles. The van der Waals surface area contributed by atoms with Crippen molar-refractivity contribution in [3.63, 3.8) is 0 Å². The number of nitrogens with zero attached hydrogens (tertiary/aromatic N) is 2. The van der Waals surface area contributed by atoms with Crippen LogP contribution in [0.2, 0.25) is 10.0 Å². The van der Waals surface area contributed by atoms with Gasteiger partial charge in [0.25, 0.3) is 0 Å². The van der Waals surface area contributed by atoms with Gasteiger partial charge in [0.15, 0.2) is 0 Å². The van der Waals surface area contributed by atoms with Crippen molar-refractivity contribution in [1.29, 1.82) is 0 Å². The highest BCUT2D eigenvalue weighted by Crippen LogP contribution is 2.33. The van der Waals surface area contributed by atoms with Gasteiger partial charge >= 0.3 is 5.97 Å². The van der Waals surface area contributed by atoms with E-state index in [0.29, 0.717) is 15.6 Å². The second-order valence-corrected chi connectivity index (χ2v) is 8.24. The Labute approximate surface area is 186 Å². The summed E-state index contributed by atoms with van der Waals surface area (Å²) >= 11 is 12.5. The van der Waals surface area contributed by atoms with Gasteiger partial charge in [-0.25, -0.2) is 4.79 Å². The number of carboxylic acids is 1. The Balaban J connectivity index is 1.44. The third-order valence-corrected chi connectivity index (χ3v) is 6.03. The summed E-state index contributed by atoms with van der Waals surface area (Å²) in [4.78, 5) is 15.8. The summed E-state index contributed by atoms with van der Waals surface area (Å²) in [6.45, 7) is 4.51. The number of benzene rings is 3. The number of aromatic carboxylic acids is 1. The topological polar surface area (TPSA) is 43.8 Å². The van der Waals surface area contributed by atoms with Gasteiger partial charge in [0.2, 0.25) is 0 Å². The van der Waals surface area contributed by atoms with Crippen LogP contribution in [0.25, 0.3) is 11.1 Å². The van der Waals surface area contributed by atoms with Gasteiger partial charge in [-0.1, -0.05) is 53.5 Å². The minimum Gasteiger partial charge on any atom is -0.478 e. The molecule has 1 saturated heterocycles. The molecule has 0 amide bonds. The highest BCUT2D eigenvalue weighted by Gasteiger charge is 2.19. The molecule has 1 aliphatic rings. The first-order chi connectivity index (χ1) is 14.5. The molecule has 1 N–H and O–H groups in total. The fraction of sp³-hybridized carbons (Fsp3) is 0.208. The van der Waals surface area contributed by atoms with Crippen LogP contribution in [0.15, 0.2) is 66.7 Å². The quantitative estimate of drug-likeness (QED) is 0.553. The average Bonchev–Trinajstić information content (AvgIpc) is 2.75. The van der Waals surface area contributed by atoms with Crippen LogP contribution in [0, 0.1) is 0 Å². The van der Waals surface area contributed by atoms with Gasteiger partial charge in [-0.05, 0) is 47.5 Å². The SMILES string of the molecule is O=C(O)c1ccc(N2CCN(Cc3ccccc3-c3ccc(Cl)cc3Cl)CC2)cc1. The number of halogens is 2. The number of rotatable bonds is 5. The Kier molecular flexibility index (Phi) is 6.28. The zero-order valence-electron chi connectivity index (χ0n) is 16.4. The smallest absolute Gasteiger partial charge is 0.335 e. The molecule has 3 aromatic rings. The molecular weight excluding hydrogens is 419 g/mol.